The van der Waals surface area contributed by atoms with Crippen LogP contribution in [0.4, 0.5) is 5.69 Å². The van der Waals surface area contributed by atoms with Crippen LogP contribution in [0.15, 0.2) is 23.2 Å². The Balaban J connectivity index is 2.06. The predicted molar refractivity (Wildman–Crippen MR) is 134 cm³/mol. The Morgan fingerprint density at radius 2 is 1.42 bits per heavy atom. The molecule has 0 aliphatic carbocycles. The van der Waals surface area contributed by atoms with Crippen molar-refractivity contribution in [2.45, 2.75) is 96.8 Å². The van der Waals surface area contributed by atoms with Gasteiger partial charge in [-0.25, -0.2) is 9.79 Å². The monoisotopic (exact) mass is 470 g/mol. The van der Waals surface area contributed by atoms with Crippen molar-refractivity contribution in [2.24, 2.45) is 10.7 Å². The fourth-order valence-electron chi connectivity index (χ4n) is 3.45. The molecular formula is C25H40Cl2N2O2. The molecular weight excluding hydrogens is 431 g/mol. The summed E-state index contributed by atoms with van der Waals surface area (Å²) in [4.78, 5) is 16.3. The molecule has 0 aromatic heterocycles. The molecule has 0 spiro atoms. The quantitative estimate of drug-likeness (QED) is 0.0771. The Hall–Kier alpha value is -1.26. The number of alkyl halides is 1. The van der Waals surface area contributed by atoms with E-state index >= 15 is 0 Å². The van der Waals surface area contributed by atoms with Crippen molar-refractivity contribution < 1.29 is 9.53 Å². The van der Waals surface area contributed by atoms with Crippen molar-refractivity contribution in [2.75, 3.05) is 12.5 Å². The molecule has 0 fully saturated rings. The summed E-state index contributed by atoms with van der Waals surface area (Å²) in [7, 11) is 0. The maximum Gasteiger partial charge on any atom is 0.338 e. The van der Waals surface area contributed by atoms with Crippen LogP contribution in [-0.4, -0.2) is 24.3 Å². The first-order chi connectivity index (χ1) is 15.1. The van der Waals surface area contributed by atoms with E-state index in [4.69, 9.17) is 33.7 Å². The predicted octanol–water partition coefficient (Wildman–Crippen LogP) is 8.21. The van der Waals surface area contributed by atoms with E-state index < -0.39 is 0 Å². The SMILES string of the molecule is CCCCCCCCCCCCCCCCOC(=O)c1ccc(Cl)c(N=C(N)CCl)c1. The zero-order valence-corrected chi connectivity index (χ0v) is 20.7. The number of esters is 1. The second kappa shape index (κ2) is 18.3. The minimum Gasteiger partial charge on any atom is -0.462 e. The number of rotatable bonds is 18. The fraction of sp³-hybridized carbons (Fsp3) is 0.680. The van der Waals surface area contributed by atoms with Crippen molar-refractivity contribution in [3.8, 4) is 0 Å². The van der Waals surface area contributed by atoms with Gasteiger partial charge in [-0.15, -0.1) is 11.6 Å². The van der Waals surface area contributed by atoms with Crippen LogP contribution in [0.1, 0.15) is 107 Å². The first kappa shape index (κ1) is 27.8. The number of nitrogens with two attached hydrogens (primary N) is 1. The molecule has 176 valence electrons. The van der Waals surface area contributed by atoms with Crippen LogP contribution in [0.25, 0.3) is 0 Å². The van der Waals surface area contributed by atoms with Gasteiger partial charge in [-0.1, -0.05) is 102 Å². The summed E-state index contributed by atoms with van der Waals surface area (Å²) in [6.45, 7) is 2.70. The summed E-state index contributed by atoms with van der Waals surface area (Å²) >= 11 is 11.7. The molecule has 0 aliphatic rings. The van der Waals surface area contributed by atoms with Crippen molar-refractivity contribution in [3.63, 3.8) is 0 Å². The van der Waals surface area contributed by atoms with Gasteiger partial charge in [-0.2, -0.15) is 0 Å². The number of benzene rings is 1. The molecule has 4 nitrogen and oxygen atoms in total. The van der Waals surface area contributed by atoms with Crippen LogP contribution in [0.2, 0.25) is 5.02 Å². The van der Waals surface area contributed by atoms with Crippen molar-refractivity contribution in [3.05, 3.63) is 28.8 Å². The smallest absolute Gasteiger partial charge is 0.338 e. The highest BCUT2D eigenvalue weighted by molar-refractivity contribution is 6.33. The normalized spacial score (nSPS) is 11.6. The zero-order valence-electron chi connectivity index (χ0n) is 19.1. The summed E-state index contributed by atoms with van der Waals surface area (Å²) in [5.41, 5.74) is 6.48. The maximum absolute atomic E-state index is 12.2. The lowest BCUT2D eigenvalue weighted by atomic mass is 10.0. The Morgan fingerprint density at radius 3 is 1.94 bits per heavy atom. The molecule has 0 unspecified atom stereocenters. The van der Waals surface area contributed by atoms with Gasteiger partial charge in [0.2, 0.25) is 0 Å². The number of unbranched alkanes of at least 4 members (excludes halogenated alkanes) is 13. The Morgan fingerprint density at radius 1 is 0.903 bits per heavy atom. The third-order valence-electron chi connectivity index (χ3n) is 5.31. The van der Waals surface area contributed by atoms with Gasteiger partial charge >= 0.3 is 5.97 Å². The van der Waals surface area contributed by atoms with Crippen LogP contribution in [-0.2, 0) is 4.74 Å². The lowest BCUT2D eigenvalue weighted by Crippen LogP contribution is -2.12. The molecule has 1 aromatic rings. The number of aliphatic imine (C=N–C) groups is 1. The average Bonchev–Trinajstić information content (AvgIpc) is 2.77. The van der Waals surface area contributed by atoms with Gasteiger partial charge in [0.05, 0.1) is 28.8 Å². The van der Waals surface area contributed by atoms with Crippen LogP contribution < -0.4 is 5.73 Å². The minimum absolute atomic E-state index is 0.101. The van der Waals surface area contributed by atoms with Crippen molar-refractivity contribution in [1.82, 2.24) is 0 Å². The number of nitrogens with zero attached hydrogens (tertiary/aromatic N) is 1. The molecule has 0 amide bonds. The van der Waals surface area contributed by atoms with Crippen LogP contribution in [0, 0.1) is 0 Å². The maximum atomic E-state index is 12.2. The summed E-state index contributed by atoms with van der Waals surface area (Å²) in [5, 5.41) is 0.414. The standard InChI is InChI=1S/C25H40Cl2N2O2/c1-2-3-4-5-6-7-8-9-10-11-12-13-14-15-18-31-25(30)21-16-17-22(27)23(19-21)29-24(28)20-26/h16-17,19H,2-15,18,20H2,1H3,(H2,28,29). The largest absolute Gasteiger partial charge is 0.462 e. The highest BCUT2D eigenvalue weighted by Crippen LogP contribution is 2.26. The van der Waals surface area contributed by atoms with Crippen LogP contribution in [0.5, 0.6) is 0 Å². The number of hydrogen-bond donors (Lipinski definition) is 1. The van der Waals surface area contributed by atoms with E-state index in [0.29, 0.717) is 22.9 Å². The van der Waals surface area contributed by atoms with Gasteiger partial charge in [0.25, 0.3) is 0 Å². The molecule has 6 heteroatoms. The number of amidine groups is 1. The first-order valence-corrected chi connectivity index (χ1v) is 12.9. The third-order valence-corrected chi connectivity index (χ3v) is 5.91. The van der Waals surface area contributed by atoms with Crippen LogP contribution >= 0.6 is 23.2 Å². The summed E-state index contributed by atoms with van der Waals surface area (Å²) < 4.78 is 5.37. The number of halogens is 2. The summed E-state index contributed by atoms with van der Waals surface area (Å²) in [6.07, 6.45) is 18.2. The molecule has 0 bridgehead atoms. The van der Waals surface area contributed by atoms with Gasteiger partial charge in [-0.3, -0.25) is 0 Å². The third kappa shape index (κ3) is 13.7. The Kier molecular flexibility index (Phi) is 16.4. The van der Waals surface area contributed by atoms with Gasteiger partial charge in [0.1, 0.15) is 5.84 Å². The number of hydrogen-bond acceptors (Lipinski definition) is 3. The Bertz CT molecular complexity index is 650. The van der Waals surface area contributed by atoms with Gasteiger partial charge < -0.3 is 10.5 Å². The first-order valence-electron chi connectivity index (χ1n) is 11.9. The van der Waals surface area contributed by atoms with Gasteiger partial charge in [0.15, 0.2) is 0 Å². The van der Waals surface area contributed by atoms with E-state index in [2.05, 4.69) is 11.9 Å². The molecule has 0 heterocycles. The van der Waals surface area contributed by atoms with E-state index in [1.165, 1.54) is 77.0 Å². The van der Waals surface area contributed by atoms with E-state index in [0.717, 1.165) is 12.8 Å². The van der Waals surface area contributed by atoms with Gasteiger partial charge in [-0.05, 0) is 24.6 Å². The number of carbonyl (C=O) groups is 1. The lowest BCUT2D eigenvalue weighted by molar-refractivity contribution is 0.0497. The molecule has 2 N–H and O–H groups in total. The molecule has 1 aromatic carbocycles. The molecule has 0 radical (unpaired) electrons. The summed E-state index contributed by atoms with van der Waals surface area (Å²) in [6, 6.07) is 4.83. The van der Waals surface area contributed by atoms with Gasteiger partial charge in [0, 0.05) is 0 Å². The highest BCUT2D eigenvalue weighted by Gasteiger charge is 2.10. The minimum atomic E-state index is -0.368. The second-order valence-electron chi connectivity index (χ2n) is 8.14. The fourth-order valence-corrected chi connectivity index (χ4v) is 3.67. The average molecular weight is 472 g/mol. The molecule has 0 saturated heterocycles. The van der Waals surface area contributed by atoms with E-state index in [1.54, 1.807) is 18.2 Å². The molecule has 0 saturated carbocycles. The van der Waals surface area contributed by atoms with E-state index in [1.807, 2.05) is 0 Å². The highest BCUT2D eigenvalue weighted by atomic mass is 35.5. The number of ether oxygens (including phenoxy) is 1. The van der Waals surface area contributed by atoms with Crippen molar-refractivity contribution >= 4 is 40.7 Å². The topological polar surface area (TPSA) is 64.7 Å². The molecule has 31 heavy (non-hydrogen) atoms. The van der Waals surface area contributed by atoms with E-state index in [-0.39, 0.29) is 17.7 Å². The Labute approximate surface area is 198 Å². The van der Waals surface area contributed by atoms with E-state index in [9.17, 15) is 4.79 Å². The zero-order chi connectivity index (χ0) is 22.7. The lowest BCUT2D eigenvalue weighted by Gasteiger charge is -2.07. The summed E-state index contributed by atoms with van der Waals surface area (Å²) in [5.74, 6) is -0.0202. The molecule has 0 aliphatic heterocycles. The second-order valence-corrected chi connectivity index (χ2v) is 8.81. The number of carbonyl (C=O) groups excluding carboxylic acids is 1. The molecule has 1 rings (SSSR count). The molecule has 0 atom stereocenters. The van der Waals surface area contributed by atoms with Crippen LogP contribution in [0.3, 0.4) is 0 Å². The van der Waals surface area contributed by atoms with Crippen molar-refractivity contribution in [1.29, 1.82) is 0 Å².